The molecule has 1 N–H and O–H groups in total. The molecule has 20 heavy (non-hydrogen) atoms. The molecule has 0 aliphatic rings. The smallest absolute Gasteiger partial charge is 0.157 e. The standard InChI is InChI=1S/C16H29N3O/c1-6-9-15(20-5)16-18-12(3)14(13(4)19-16)10-8-11-17-7-2/h15,17H,6-11H2,1-5H3. The highest BCUT2D eigenvalue weighted by molar-refractivity contribution is 5.25. The molecule has 0 radical (unpaired) electrons. The van der Waals surface area contributed by atoms with Gasteiger partial charge in [-0.2, -0.15) is 0 Å². The predicted molar refractivity (Wildman–Crippen MR) is 83.0 cm³/mol. The van der Waals surface area contributed by atoms with E-state index in [4.69, 9.17) is 4.74 Å². The van der Waals surface area contributed by atoms with E-state index in [1.165, 1.54) is 5.56 Å². The van der Waals surface area contributed by atoms with Gasteiger partial charge in [-0.1, -0.05) is 20.3 Å². The van der Waals surface area contributed by atoms with E-state index in [2.05, 4.69) is 43.0 Å². The van der Waals surface area contributed by atoms with Crippen molar-refractivity contribution in [2.75, 3.05) is 20.2 Å². The van der Waals surface area contributed by atoms with Crippen molar-refractivity contribution >= 4 is 0 Å². The SMILES string of the molecule is CCCC(OC)c1nc(C)c(CCCNCC)c(C)n1. The van der Waals surface area contributed by atoms with Crippen LogP contribution in [0.1, 0.15) is 62.0 Å². The third kappa shape index (κ3) is 4.84. The molecule has 1 heterocycles. The molecule has 1 rings (SSSR count). The van der Waals surface area contributed by atoms with Gasteiger partial charge >= 0.3 is 0 Å². The lowest BCUT2D eigenvalue weighted by molar-refractivity contribution is 0.0872. The summed E-state index contributed by atoms with van der Waals surface area (Å²) >= 11 is 0. The van der Waals surface area contributed by atoms with Crippen molar-refractivity contribution in [2.45, 2.75) is 59.5 Å². The van der Waals surface area contributed by atoms with Crippen LogP contribution in [0.15, 0.2) is 0 Å². The van der Waals surface area contributed by atoms with Crippen molar-refractivity contribution in [2.24, 2.45) is 0 Å². The Kier molecular flexibility index (Phi) is 7.70. The van der Waals surface area contributed by atoms with Gasteiger partial charge in [0.25, 0.3) is 0 Å². The van der Waals surface area contributed by atoms with Crippen molar-refractivity contribution in [3.63, 3.8) is 0 Å². The maximum absolute atomic E-state index is 5.50. The van der Waals surface area contributed by atoms with E-state index in [-0.39, 0.29) is 6.10 Å². The average molecular weight is 279 g/mol. The Morgan fingerprint density at radius 1 is 1.15 bits per heavy atom. The van der Waals surface area contributed by atoms with Crippen LogP contribution in [0.2, 0.25) is 0 Å². The Hall–Kier alpha value is -1.00. The number of methoxy groups -OCH3 is 1. The number of rotatable bonds is 9. The number of nitrogens with zero attached hydrogens (tertiary/aromatic N) is 2. The van der Waals surface area contributed by atoms with Crippen molar-refractivity contribution in [3.8, 4) is 0 Å². The van der Waals surface area contributed by atoms with Crippen LogP contribution in [0.25, 0.3) is 0 Å². The van der Waals surface area contributed by atoms with Gasteiger partial charge in [0.2, 0.25) is 0 Å². The molecular formula is C16H29N3O. The summed E-state index contributed by atoms with van der Waals surface area (Å²) < 4.78 is 5.50. The highest BCUT2D eigenvalue weighted by atomic mass is 16.5. The molecule has 0 aliphatic carbocycles. The Morgan fingerprint density at radius 3 is 2.30 bits per heavy atom. The molecule has 0 saturated carbocycles. The molecule has 4 nitrogen and oxygen atoms in total. The Labute approximate surface area is 123 Å². The van der Waals surface area contributed by atoms with Crippen LogP contribution in [0.4, 0.5) is 0 Å². The molecule has 0 spiro atoms. The Balaban J connectivity index is 2.79. The lowest BCUT2D eigenvalue weighted by atomic mass is 10.1. The lowest BCUT2D eigenvalue weighted by Gasteiger charge is -2.16. The topological polar surface area (TPSA) is 47.0 Å². The van der Waals surface area contributed by atoms with Gasteiger partial charge in [-0.3, -0.25) is 0 Å². The van der Waals surface area contributed by atoms with Crippen molar-refractivity contribution in [1.82, 2.24) is 15.3 Å². The van der Waals surface area contributed by atoms with Crippen molar-refractivity contribution in [1.29, 1.82) is 0 Å². The fourth-order valence-corrected chi connectivity index (χ4v) is 2.45. The maximum Gasteiger partial charge on any atom is 0.157 e. The molecule has 0 aliphatic heterocycles. The minimum absolute atomic E-state index is 0.0215. The highest BCUT2D eigenvalue weighted by Crippen LogP contribution is 2.21. The third-order valence-corrected chi connectivity index (χ3v) is 3.59. The number of nitrogens with one attached hydrogen (secondary N) is 1. The van der Waals surface area contributed by atoms with E-state index in [9.17, 15) is 0 Å². The van der Waals surface area contributed by atoms with Crippen LogP contribution >= 0.6 is 0 Å². The first-order chi connectivity index (χ1) is 9.63. The first-order valence-electron chi connectivity index (χ1n) is 7.71. The molecule has 0 amide bonds. The third-order valence-electron chi connectivity index (χ3n) is 3.59. The fourth-order valence-electron chi connectivity index (χ4n) is 2.45. The van der Waals surface area contributed by atoms with E-state index in [1.54, 1.807) is 7.11 Å². The number of hydrogen-bond acceptors (Lipinski definition) is 4. The van der Waals surface area contributed by atoms with Crippen molar-refractivity contribution < 1.29 is 4.74 Å². The second-order valence-corrected chi connectivity index (χ2v) is 5.20. The van der Waals surface area contributed by atoms with Crippen LogP contribution in [-0.4, -0.2) is 30.2 Å². The molecule has 0 saturated heterocycles. The average Bonchev–Trinajstić information content (AvgIpc) is 2.43. The number of hydrogen-bond donors (Lipinski definition) is 1. The fraction of sp³-hybridized carbons (Fsp3) is 0.750. The molecule has 1 aromatic heterocycles. The van der Waals surface area contributed by atoms with Crippen LogP contribution in [-0.2, 0) is 11.2 Å². The molecule has 0 fully saturated rings. The summed E-state index contributed by atoms with van der Waals surface area (Å²) in [7, 11) is 1.73. The van der Waals surface area contributed by atoms with Crippen LogP contribution in [0.3, 0.4) is 0 Å². The van der Waals surface area contributed by atoms with Gasteiger partial charge in [0.05, 0.1) is 0 Å². The first-order valence-corrected chi connectivity index (χ1v) is 7.71. The highest BCUT2D eigenvalue weighted by Gasteiger charge is 2.16. The van der Waals surface area contributed by atoms with E-state index in [1.807, 2.05) is 0 Å². The van der Waals surface area contributed by atoms with Gasteiger partial charge in [-0.05, 0) is 51.8 Å². The van der Waals surface area contributed by atoms with E-state index >= 15 is 0 Å². The zero-order valence-corrected chi connectivity index (χ0v) is 13.6. The van der Waals surface area contributed by atoms with Crippen LogP contribution < -0.4 is 5.32 Å². The summed E-state index contributed by atoms with van der Waals surface area (Å²) in [6, 6.07) is 0. The Bertz CT molecular complexity index is 384. The van der Waals surface area contributed by atoms with E-state index in [0.29, 0.717) is 0 Å². The normalized spacial score (nSPS) is 12.7. The van der Waals surface area contributed by atoms with Crippen LogP contribution in [0, 0.1) is 13.8 Å². The Morgan fingerprint density at radius 2 is 1.80 bits per heavy atom. The molecule has 0 aromatic carbocycles. The molecule has 4 heteroatoms. The van der Waals surface area contributed by atoms with Gasteiger partial charge < -0.3 is 10.1 Å². The monoisotopic (exact) mass is 279 g/mol. The van der Waals surface area contributed by atoms with Gasteiger partial charge in [0, 0.05) is 18.5 Å². The summed E-state index contributed by atoms with van der Waals surface area (Å²) in [5.74, 6) is 0.833. The second-order valence-electron chi connectivity index (χ2n) is 5.20. The van der Waals surface area contributed by atoms with Gasteiger partial charge in [-0.15, -0.1) is 0 Å². The zero-order chi connectivity index (χ0) is 15.0. The molecule has 1 aromatic rings. The summed E-state index contributed by atoms with van der Waals surface area (Å²) in [6.45, 7) is 10.5. The lowest BCUT2D eigenvalue weighted by Crippen LogP contribution is -2.16. The first kappa shape index (κ1) is 17.1. The minimum atomic E-state index is 0.0215. The van der Waals surface area contributed by atoms with Gasteiger partial charge in [0.1, 0.15) is 6.10 Å². The van der Waals surface area contributed by atoms with E-state index in [0.717, 1.165) is 56.0 Å². The van der Waals surface area contributed by atoms with Crippen LogP contribution in [0.5, 0.6) is 0 Å². The number of ether oxygens (including phenoxy) is 1. The van der Waals surface area contributed by atoms with Crippen molar-refractivity contribution in [3.05, 3.63) is 22.8 Å². The quantitative estimate of drug-likeness (QED) is 0.706. The number of aromatic nitrogens is 2. The summed E-state index contributed by atoms with van der Waals surface area (Å²) in [5, 5.41) is 3.35. The molecule has 0 bridgehead atoms. The van der Waals surface area contributed by atoms with Gasteiger partial charge in [-0.25, -0.2) is 9.97 Å². The molecular weight excluding hydrogens is 250 g/mol. The number of aryl methyl sites for hydroxylation is 2. The van der Waals surface area contributed by atoms with Gasteiger partial charge in [0.15, 0.2) is 5.82 Å². The largest absolute Gasteiger partial charge is 0.373 e. The maximum atomic E-state index is 5.50. The minimum Gasteiger partial charge on any atom is -0.373 e. The second kappa shape index (κ2) is 9.03. The summed E-state index contributed by atoms with van der Waals surface area (Å²) in [5.41, 5.74) is 3.49. The summed E-state index contributed by atoms with van der Waals surface area (Å²) in [4.78, 5) is 9.33. The molecule has 1 atom stereocenters. The molecule has 114 valence electrons. The zero-order valence-electron chi connectivity index (χ0n) is 13.6. The van der Waals surface area contributed by atoms with E-state index < -0.39 is 0 Å². The summed E-state index contributed by atoms with van der Waals surface area (Å²) in [6.07, 6.45) is 4.23. The molecule has 1 unspecified atom stereocenters. The predicted octanol–water partition coefficient (Wildman–Crippen LogP) is 3.12.